The Morgan fingerprint density at radius 3 is 2.11 bits per heavy atom. The number of urea groups is 1. The predicted octanol–water partition coefficient (Wildman–Crippen LogP) is -0.0527. The Morgan fingerprint density at radius 1 is 1.16 bits per heavy atom. The number of carbonyl (C=O) groups excluding carboxylic acids is 1. The molecule has 0 aromatic rings. The van der Waals surface area contributed by atoms with Gasteiger partial charge in [-0.25, -0.2) is 14.6 Å². The molecule has 1 atom stereocenters. The molecular formula is C12H24N4O3. The fraction of sp³-hybridized carbons (Fsp3) is 0.833. The number of nitrogens with one attached hydrogen (secondary N) is 2. The van der Waals surface area contributed by atoms with Crippen molar-refractivity contribution >= 4 is 12.0 Å². The van der Waals surface area contributed by atoms with E-state index in [1.807, 2.05) is 7.05 Å². The van der Waals surface area contributed by atoms with E-state index in [9.17, 15) is 9.59 Å². The first-order valence-corrected chi connectivity index (χ1v) is 6.43. The van der Waals surface area contributed by atoms with Gasteiger partial charge in [0.05, 0.1) is 0 Å². The summed E-state index contributed by atoms with van der Waals surface area (Å²) in [5, 5.41) is 13.4. The van der Waals surface area contributed by atoms with Gasteiger partial charge in [0, 0.05) is 26.2 Å². The zero-order valence-corrected chi connectivity index (χ0v) is 12.1. The topological polar surface area (TPSA) is 84.9 Å². The summed E-state index contributed by atoms with van der Waals surface area (Å²) in [4.78, 5) is 25.1. The van der Waals surface area contributed by atoms with Crippen molar-refractivity contribution in [1.29, 1.82) is 0 Å². The number of hydrogen-bond donors (Lipinski definition) is 3. The summed E-state index contributed by atoms with van der Waals surface area (Å²) in [7, 11) is 2.03. The highest BCUT2D eigenvalue weighted by molar-refractivity contribution is 5.82. The molecule has 0 bridgehead atoms. The third-order valence-corrected chi connectivity index (χ3v) is 3.15. The SMILES string of the molecule is CN1CCN(NC(=O)N[C@H](C(=O)O)C(C)(C)C)CC1. The molecule has 1 saturated heterocycles. The number of hydrazine groups is 1. The molecule has 1 aliphatic heterocycles. The lowest BCUT2D eigenvalue weighted by atomic mass is 9.87. The summed E-state index contributed by atoms with van der Waals surface area (Å²) in [5.74, 6) is -1.03. The lowest BCUT2D eigenvalue weighted by Crippen LogP contribution is -2.58. The maximum atomic E-state index is 11.8. The third-order valence-electron chi connectivity index (χ3n) is 3.15. The van der Waals surface area contributed by atoms with Crippen LogP contribution in [0.15, 0.2) is 0 Å². The fourth-order valence-electron chi connectivity index (χ4n) is 1.87. The maximum Gasteiger partial charge on any atom is 0.330 e. The number of piperazine rings is 1. The Bertz CT molecular complexity index is 332. The lowest BCUT2D eigenvalue weighted by molar-refractivity contribution is -0.141. The Labute approximate surface area is 113 Å². The summed E-state index contributed by atoms with van der Waals surface area (Å²) in [6.45, 7) is 8.56. The summed E-state index contributed by atoms with van der Waals surface area (Å²) in [6, 6.07) is -1.38. The van der Waals surface area contributed by atoms with Gasteiger partial charge >= 0.3 is 12.0 Å². The van der Waals surface area contributed by atoms with Gasteiger partial charge in [-0.15, -0.1) is 0 Å². The molecule has 19 heavy (non-hydrogen) atoms. The van der Waals surface area contributed by atoms with Crippen LogP contribution in [0.5, 0.6) is 0 Å². The van der Waals surface area contributed by atoms with E-state index in [2.05, 4.69) is 15.6 Å². The summed E-state index contributed by atoms with van der Waals surface area (Å²) in [5.41, 5.74) is 2.15. The van der Waals surface area contributed by atoms with Gasteiger partial charge in [-0.3, -0.25) is 5.43 Å². The monoisotopic (exact) mass is 272 g/mol. The second-order valence-corrected chi connectivity index (χ2v) is 6.01. The number of carboxylic acids is 1. The molecule has 1 aliphatic rings. The van der Waals surface area contributed by atoms with Crippen molar-refractivity contribution in [3.8, 4) is 0 Å². The number of rotatable bonds is 3. The van der Waals surface area contributed by atoms with Crippen LogP contribution in [0.2, 0.25) is 0 Å². The zero-order chi connectivity index (χ0) is 14.6. The van der Waals surface area contributed by atoms with Crippen LogP contribution in [0.3, 0.4) is 0 Å². The van der Waals surface area contributed by atoms with E-state index in [1.165, 1.54) is 0 Å². The van der Waals surface area contributed by atoms with Crippen molar-refractivity contribution in [2.24, 2.45) is 5.41 Å². The van der Waals surface area contributed by atoms with Crippen molar-refractivity contribution in [1.82, 2.24) is 20.7 Å². The van der Waals surface area contributed by atoms with Crippen LogP contribution in [-0.2, 0) is 4.79 Å². The van der Waals surface area contributed by atoms with Crippen LogP contribution >= 0.6 is 0 Å². The predicted molar refractivity (Wildman–Crippen MR) is 71.6 cm³/mol. The molecule has 0 aliphatic carbocycles. The molecule has 0 radical (unpaired) electrons. The Balaban J connectivity index is 2.47. The van der Waals surface area contributed by atoms with Crippen molar-refractivity contribution in [3.63, 3.8) is 0 Å². The van der Waals surface area contributed by atoms with Crippen LogP contribution < -0.4 is 10.7 Å². The van der Waals surface area contributed by atoms with Crippen molar-refractivity contribution in [2.45, 2.75) is 26.8 Å². The minimum absolute atomic E-state index is 0.466. The smallest absolute Gasteiger partial charge is 0.330 e. The third kappa shape index (κ3) is 5.04. The van der Waals surface area contributed by atoms with Crippen LogP contribution in [0.4, 0.5) is 4.79 Å². The van der Waals surface area contributed by atoms with E-state index in [4.69, 9.17) is 5.11 Å². The van der Waals surface area contributed by atoms with Crippen molar-refractivity contribution in [2.75, 3.05) is 33.2 Å². The Hall–Kier alpha value is -1.34. The molecule has 1 rings (SSSR count). The molecule has 7 nitrogen and oxygen atoms in total. The van der Waals surface area contributed by atoms with Gasteiger partial charge < -0.3 is 15.3 Å². The largest absolute Gasteiger partial charge is 0.480 e. The second kappa shape index (κ2) is 6.21. The number of carbonyl (C=O) groups is 2. The van der Waals surface area contributed by atoms with Crippen LogP contribution in [0.1, 0.15) is 20.8 Å². The molecule has 1 fully saturated rings. The molecule has 0 unspecified atom stereocenters. The summed E-state index contributed by atoms with van der Waals surface area (Å²) in [6.07, 6.45) is 0. The molecule has 0 saturated carbocycles. The van der Waals surface area contributed by atoms with Gasteiger partial charge in [-0.05, 0) is 12.5 Å². The Kier molecular flexibility index (Phi) is 5.13. The van der Waals surface area contributed by atoms with Crippen LogP contribution in [0.25, 0.3) is 0 Å². The van der Waals surface area contributed by atoms with Crippen molar-refractivity contribution in [3.05, 3.63) is 0 Å². The van der Waals surface area contributed by atoms with E-state index >= 15 is 0 Å². The Morgan fingerprint density at radius 2 is 1.68 bits per heavy atom. The van der Waals surface area contributed by atoms with Crippen LogP contribution in [0, 0.1) is 5.41 Å². The zero-order valence-electron chi connectivity index (χ0n) is 12.1. The summed E-state index contributed by atoms with van der Waals surface area (Å²) < 4.78 is 0. The average molecular weight is 272 g/mol. The normalized spacial score (nSPS) is 19.8. The number of aliphatic carboxylic acids is 1. The lowest BCUT2D eigenvalue weighted by Gasteiger charge is -2.33. The molecule has 2 amide bonds. The fourth-order valence-corrected chi connectivity index (χ4v) is 1.87. The number of nitrogens with zero attached hydrogens (tertiary/aromatic N) is 2. The van der Waals surface area contributed by atoms with Gasteiger partial charge in [-0.2, -0.15) is 0 Å². The van der Waals surface area contributed by atoms with Gasteiger partial charge in [0.1, 0.15) is 6.04 Å². The standard InChI is InChI=1S/C12H24N4O3/c1-12(2,3)9(10(17)18)13-11(19)14-16-7-5-15(4)6-8-16/h9H,5-8H2,1-4H3,(H,17,18)(H2,13,14,19)/t9-/m1/s1. The first kappa shape index (κ1) is 15.7. The van der Waals surface area contributed by atoms with Gasteiger partial charge in [0.15, 0.2) is 0 Å². The molecule has 7 heteroatoms. The highest BCUT2D eigenvalue weighted by atomic mass is 16.4. The molecule has 0 aromatic heterocycles. The minimum atomic E-state index is -1.03. The first-order chi connectivity index (χ1) is 8.70. The van der Waals surface area contributed by atoms with Crippen molar-refractivity contribution < 1.29 is 14.7 Å². The average Bonchev–Trinajstić information content (AvgIpc) is 2.27. The quantitative estimate of drug-likeness (QED) is 0.670. The minimum Gasteiger partial charge on any atom is -0.480 e. The van der Waals surface area contributed by atoms with E-state index in [-0.39, 0.29) is 0 Å². The maximum absolute atomic E-state index is 11.8. The molecule has 3 N–H and O–H groups in total. The molecule has 110 valence electrons. The number of amides is 2. The van der Waals surface area contributed by atoms with Gasteiger partial charge in [-0.1, -0.05) is 20.8 Å². The van der Waals surface area contributed by atoms with E-state index in [0.717, 1.165) is 26.2 Å². The molecular weight excluding hydrogens is 248 g/mol. The number of hydrogen-bond acceptors (Lipinski definition) is 4. The van der Waals surface area contributed by atoms with E-state index in [0.29, 0.717) is 0 Å². The van der Waals surface area contributed by atoms with E-state index in [1.54, 1.807) is 25.8 Å². The molecule has 0 spiro atoms. The van der Waals surface area contributed by atoms with Gasteiger partial charge in [0.25, 0.3) is 0 Å². The van der Waals surface area contributed by atoms with E-state index < -0.39 is 23.5 Å². The summed E-state index contributed by atoms with van der Waals surface area (Å²) >= 11 is 0. The highest BCUT2D eigenvalue weighted by Gasteiger charge is 2.33. The second-order valence-electron chi connectivity index (χ2n) is 6.01. The molecule has 1 heterocycles. The van der Waals surface area contributed by atoms with Gasteiger partial charge in [0.2, 0.25) is 0 Å². The number of carboxylic acid groups (broad SMARTS) is 1. The highest BCUT2D eigenvalue weighted by Crippen LogP contribution is 2.19. The first-order valence-electron chi connectivity index (χ1n) is 6.43. The molecule has 0 aromatic carbocycles. The number of likely N-dealkylation sites (N-methyl/N-ethyl adjacent to an activating group) is 1. The van der Waals surface area contributed by atoms with Crippen LogP contribution in [-0.4, -0.2) is 66.3 Å².